The molecule has 0 saturated carbocycles. The number of halogens is 2. The first-order valence-electron chi connectivity index (χ1n) is 5.96. The van der Waals surface area contributed by atoms with Crippen LogP contribution in [0.1, 0.15) is 11.5 Å². The molecule has 0 bridgehead atoms. The standard InChI is InChI=1S/C13H12F2N2O3S/c1-8-4-10(20-17-8)6-21(19)7-13(18)16-12-3-2-9(14)5-11(12)15/h2-5H,6-7H2,1H3,(H,16,18)/t21-/m0/s1. The van der Waals surface area contributed by atoms with E-state index in [0.29, 0.717) is 17.5 Å². The molecule has 8 heteroatoms. The second-order valence-electron chi connectivity index (χ2n) is 4.34. The first-order valence-corrected chi connectivity index (χ1v) is 7.45. The van der Waals surface area contributed by atoms with Crippen molar-refractivity contribution in [2.45, 2.75) is 12.7 Å². The Kier molecular flexibility index (Phi) is 4.79. The van der Waals surface area contributed by atoms with Gasteiger partial charge in [-0.15, -0.1) is 0 Å². The highest BCUT2D eigenvalue weighted by Gasteiger charge is 2.13. The Balaban J connectivity index is 1.90. The number of nitrogens with zero attached hydrogens (tertiary/aromatic N) is 1. The van der Waals surface area contributed by atoms with Crippen LogP contribution in [0.4, 0.5) is 14.5 Å². The molecular weight excluding hydrogens is 302 g/mol. The van der Waals surface area contributed by atoms with Gasteiger partial charge in [0.2, 0.25) is 5.91 Å². The lowest BCUT2D eigenvalue weighted by Gasteiger charge is -2.05. The topological polar surface area (TPSA) is 72.2 Å². The van der Waals surface area contributed by atoms with Crippen LogP contribution in [0, 0.1) is 18.6 Å². The highest BCUT2D eigenvalue weighted by molar-refractivity contribution is 7.84. The predicted molar refractivity (Wildman–Crippen MR) is 72.9 cm³/mol. The van der Waals surface area contributed by atoms with Crippen LogP contribution in [-0.2, 0) is 21.3 Å². The van der Waals surface area contributed by atoms with Crippen molar-refractivity contribution in [1.82, 2.24) is 5.16 Å². The van der Waals surface area contributed by atoms with Crippen LogP contribution < -0.4 is 5.32 Å². The molecule has 0 aliphatic heterocycles. The third-order valence-corrected chi connectivity index (χ3v) is 3.67. The highest BCUT2D eigenvalue weighted by Crippen LogP contribution is 2.15. The summed E-state index contributed by atoms with van der Waals surface area (Å²) in [5.41, 5.74) is 0.494. The van der Waals surface area contributed by atoms with Gasteiger partial charge in [-0.2, -0.15) is 0 Å². The van der Waals surface area contributed by atoms with Crippen molar-refractivity contribution in [1.29, 1.82) is 0 Å². The molecule has 2 rings (SSSR count). The number of amides is 1. The molecular formula is C13H12F2N2O3S. The Bertz CT molecular complexity index is 688. The molecule has 5 nitrogen and oxygen atoms in total. The second-order valence-corrected chi connectivity index (χ2v) is 5.79. The summed E-state index contributed by atoms with van der Waals surface area (Å²) in [7, 11) is -1.51. The quantitative estimate of drug-likeness (QED) is 0.918. The van der Waals surface area contributed by atoms with Crippen LogP contribution in [0.2, 0.25) is 0 Å². The molecule has 0 aliphatic carbocycles. The molecule has 0 spiro atoms. The van der Waals surface area contributed by atoms with Gasteiger partial charge in [-0.25, -0.2) is 8.78 Å². The molecule has 2 aromatic rings. The number of anilines is 1. The highest BCUT2D eigenvalue weighted by atomic mass is 32.2. The van der Waals surface area contributed by atoms with Crippen LogP contribution in [-0.4, -0.2) is 21.0 Å². The van der Waals surface area contributed by atoms with Gasteiger partial charge in [-0.3, -0.25) is 9.00 Å². The van der Waals surface area contributed by atoms with Crippen molar-refractivity contribution >= 4 is 22.4 Å². The first-order chi connectivity index (χ1) is 9.94. The van der Waals surface area contributed by atoms with Crippen LogP contribution >= 0.6 is 0 Å². The van der Waals surface area contributed by atoms with Gasteiger partial charge in [0.25, 0.3) is 0 Å². The number of benzene rings is 1. The van der Waals surface area contributed by atoms with E-state index in [2.05, 4.69) is 10.5 Å². The van der Waals surface area contributed by atoms with Gasteiger partial charge in [0.1, 0.15) is 23.1 Å². The summed E-state index contributed by atoms with van der Waals surface area (Å²) in [5.74, 6) is -2.13. The molecule has 1 aromatic heterocycles. The maximum Gasteiger partial charge on any atom is 0.237 e. The summed E-state index contributed by atoms with van der Waals surface area (Å²) in [6.07, 6.45) is 0. The summed E-state index contributed by atoms with van der Waals surface area (Å²) in [4.78, 5) is 11.6. The van der Waals surface area contributed by atoms with Crippen molar-refractivity contribution in [2.24, 2.45) is 0 Å². The van der Waals surface area contributed by atoms with Gasteiger partial charge in [0.15, 0.2) is 0 Å². The Morgan fingerprint density at radius 2 is 2.14 bits per heavy atom. The number of hydrogen-bond donors (Lipinski definition) is 1. The summed E-state index contributed by atoms with van der Waals surface area (Å²) in [5, 5.41) is 5.88. The first kappa shape index (κ1) is 15.3. The van der Waals surface area contributed by atoms with Gasteiger partial charge in [-0.1, -0.05) is 5.16 Å². The maximum atomic E-state index is 13.3. The Morgan fingerprint density at radius 3 is 2.76 bits per heavy atom. The monoisotopic (exact) mass is 314 g/mol. The fourth-order valence-electron chi connectivity index (χ4n) is 1.62. The average Bonchev–Trinajstić information content (AvgIpc) is 2.78. The van der Waals surface area contributed by atoms with Crippen LogP contribution in [0.15, 0.2) is 28.8 Å². The van der Waals surface area contributed by atoms with E-state index in [9.17, 15) is 17.8 Å². The number of hydrogen-bond acceptors (Lipinski definition) is 4. The third-order valence-electron chi connectivity index (χ3n) is 2.48. The number of rotatable bonds is 5. The molecule has 21 heavy (non-hydrogen) atoms. The predicted octanol–water partition coefficient (Wildman–Crippen LogP) is 2.15. The minimum absolute atomic E-state index is 0.0418. The van der Waals surface area contributed by atoms with E-state index in [0.717, 1.165) is 12.1 Å². The molecule has 0 fully saturated rings. The summed E-state index contributed by atoms with van der Waals surface area (Å²) < 4.78 is 42.7. The lowest BCUT2D eigenvalue weighted by atomic mass is 10.3. The molecule has 0 radical (unpaired) electrons. The van der Waals surface area contributed by atoms with Gasteiger partial charge < -0.3 is 9.84 Å². The number of carbonyl (C=O) groups is 1. The zero-order valence-corrected chi connectivity index (χ0v) is 11.9. The van der Waals surface area contributed by atoms with E-state index in [-0.39, 0.29) is 17.2 Å². The molecule has 1 N–H and O–H groups in total. The van der Waals surface area contributed by atoms with E-state index in [4.69, 9.17) is 4.52 Å². The van der Waals surface area contributed by atoms with Crippen LogP contribution in [0.25, 0.3) is 0 Å². The van der Waals surface area contributed by atoms with E-state index in [1.807, 2.05) is 0 Å². The summed E-state index contributed by atoms with van der Waals surface area (Å²) in [6, 6.07) is 4.40. The molecule has 0 unspecified atom stereocenters. The van der Waals surface area contributed by atoms with Crippen molar-refractivity contribution in [3.05, 3.63) is 47.4 Å². The van der Waals surface area contributed by atoms with Crippen molar-refractivity contribution in [3.63, 3.8) is 0 Å². The van der Waals surface area contributed by atoms with Crippen LogP contribution in [0.3, 0.4) is 0 Å². The SMILES string of the molecule is Cc1cc(C[S@](=O)CC(=O)Nc2ccc(F)cc2F)on1. The minimum Gasteiger partial charge on any atom is -0.360 e. The van der Waals surface area contributed by atoms with Crippen molar-refractivity contribution in [3.8, 4) is 0 Å². The van der Waals surface area contributed by atoms with E-state index in [1.54, 1.807) is 13.0 Å². The smallest absolute Gasteiger partial charge is 0.237 e. The zero-order chi connectivity index (χ0) is 15.4. The fraction of sp³-hybridized carbons (Fsp3) is 0.231. The van der Waals surface area contributed by atoms with Gasteiger partial charge in [-0.05, 0) is 19.1 Å². The molecule has 112 valence electrons. The molecule has 1 amide bonds. The number of nitrogens with one attached hydrogen (secondary N) is 1. The van der Waals surface area contributed by atoms with Gasteiger partial charge in [0.05, 0.1) is 17.1 Å². The molecule has 0 saturated heterocycles. The summed E-state index contributed by atoms with van der Waals surface area (Å²) in [6.45, 7) is 1.72. The second kappa shape index (κ2) is 6.57. The van der Waals surface area contributed by atoms with Crippen LogP contribution in [0.5, 0.6) is 0 Å². The lowest BCUT2D eigenvalue weighted by molar-refractivity contribution is -0.113. The molecule has 1 heterocycles. The van der Waals surface area contributed by atoms with E-state index < -0.39 is 28.3 Å². The minimum atomic E-state index is -1.51. The third kappa shape index (κ3) is 4.45. The molecule has 1 atom stereocenters. The average molecular weight is 314 g/mol. The Labute approximate surface area is 121 Å². The van der Waals surface area contributed by atoms with Gasteiger partial charge >= 0.3 is 0 Å². The molecule has 0 aliphatic rings. The summed E-state index contributed by atoms with van der Waals surface area (Å²) >= 11 is 0. The van der Waals surface area contributed by atoms with Crippen molar-refractivity contribution < 1.29 is 22.3 Å². The number of aromatic nitrogens is 1. The van der Waals surface area contributed by atoms with Gasteiger partial charge in [0, 0.05) is 22.9 Å². The van der Waals surface area contributed by atoms with E-state index >= 15 is 0 Å². The lowest BCUT2D eigenvalue weighted by Crippen LogP contribution is -2.20. The maximum absolute atomic E-state index is 13.3. The van der Waals surface area contributed by atoms with Crippen molar-refractivity contribution in [2.75, 3.05) is 11.1 Å². The Morgan fingerprint density at radius 1 is 1.38 bits per heavy atom. The normalized spacial score (nSPS) is 12.1. The fourth-order valence-corrected chi connectivity index (χ4v) is 2.54. The number of carbonyl (C=O) groups excluding carboxylic acids is 1. The molecule has 1 aromatic carbocycles. The largest absolute Gasteiger partial charge is 0.360 e. The Hall–Kier alpha value is -2.09. The zero-order valence-electron chi connectivity index (χ0n) is 11.1. The number of aryl methyl sites for hydroxylation is 1. The van der Waals surface area contributed by atoms with E-state index in [1.165, 1.54) is 0 Å².